The number of carbonyl (C=O) groups excluding carboxylic acids is 2. The number of likely N-dealkylation sites (tertiary alicyclic amines) is 1. The molecule has 0 aromatic rings. The molecule has 2 aliphatic heterocycles. The molecule has 0 saturated carbocycles. The van der Waals surface area contributed by atoms with Crippen LogP contribution in [0, 0.1) is 11.8 Å². The Labute approximate surface area is 94.4 Å². The molecule has 5 nitrogen and oxygen atoms in total. The summed E-state index contributed by atoms with van der Waals surface area (Å²) in [6, 6.07) is 0. The van der Waals surface area contributed by atoms with Crippen molar-refractivity contribution in [3.8, 4) is 0 Å². The highest BCUT2D eigenvalue weighted by Crippen LogP contribution is 2.47. The minimum atomic E-state index is -1.15. The van der Waals surface area contributed by atoms with E-state index in [1.165, 1.54) is 4.90 Å². The fourth-order valence-corrected chi connectivity index (χ4v) is 2.78. The molecule has 90 valence electrons. The van der Waals surface area contributed by atoms with Gasteiger partial charge in [-0.3, -0.25) is 4.79 Å². The number of hydrogen-bond donors (Lipinski definition) is 1. The largest absolute Gasteiger partial charge is 0.456 e. The molecule has 2 saturated heterocycles. The van der Waals surface area contributed by atoms with Crippen molar-refractivity contribution < 1.29 is 19.4 Å². The van der Waals surface area contributed by atoms with E-state index in [1.807, 2.05) is 13.8 Å². The molecule has 0 spiro atoms. The van der Waals surface area contributed by atoms with Crippen molar-refractivity contribution in [1.82, 2.24) is 4.90 Å². The van der Waals surface area contributed by atoms with Gasteiger partial charge in [0, 0.05) is 7.05 Å². The van der Waals surface area contributed by atoms with Gasteiger partial charge in [0.2, 0.25) is 11.4 Å². The molecular weight excluding hydrogens is 210 g/mol. The standard InChI is InChI=1S/C11H17NO4/c1-5(2)7(13)11-8(16-10(11)15)6(3)9(14)12(11)4/h5-8,13H,1-4H3. The Kier molecular flexibility index (Phi) is 2.28. The zero-order valence-electron chi connectivity index (χ0n) is 9.93. The summed E-state index contributed by atoms with van der Waals surface area (Å²) in [6.07, 6.45) is -1.38. The van der Waals surface area contributed by atoms with Gasteiger partial charge in [-0.1, -0.05) is 13.8 Å². The third-order valence-corrected chi connectivity index (χ3v) is 3.81. The lowest BCUT2D eigenvalue weighted by atomic mass is 9.75. The summed E-state index contributed by atoms with van der Waals surface area (Å²) in [5.74, 6) is -1.10. The summed E-state index contributed by atoms with van der Waals surface area (Å²) in [4.78, 5) is 24.9. The number of hydrogen-bond acceptors (Lipinski definition) is 4. The lowest BCUT2D eigenvalue weighted by molar-refractivity contribution is -0.220. The lowest BCUT2D eigenvalue weighted by Gasteiger charge is -2.49. The summed E-state index contributed by atoms with van der Waals surface area (Å²) < 4.78 is 5.03. The summed E-state index contributed by atoms with van der Waals surface area (Å²) in [5, 5.41) is 10.2. The van der Waals surface area contributed by atoms with E-state index in [4.69, 9.17) is 4.74 Å². The van der Waals surface area contributed by atoms with Crippen LogP contribution in [0.2, 0.25) is 0 Å². The fraction of sp³-hybridized carbons (Fsp3) is 0.818. The van der Waals surface area contributed by atoms with E-state index in [1.54, 1.807) is 14.0 Å². The molecule has 0 aromatic carbocycles. The zero-order chi connectivity index (χ0) is 12.2. The van der Waals surface area contributed by atoms with Gasteiger partial charge in [-0.05, 0) is 12.8 Å². The first-order valence-corrected chi connectivity index (χ1v) is 5.52. The highest BCUT2D eigenvalue weighted by atomic mass is 16.6. The minimum absolute atomic E-state index is 0.101. The van der Waals surface area contributed by atoms with Crippen molar-refractivity contribution in [2.24, 2.45) is 11.8 Å². The van der Waals surface area contributed by atoms with E-state index in [9.17, 15) is 14.7 Å². The van der Waals surface area contributed by atoms with Crippen LogP contribution < -0.4 is 0 Å². The van der Waals surface area contributed by atoms with E-state index < -0.39 is 23.7 Å². The maximum absolute atomic E-state index is 11.8. The van der Waals surface area contributed by atoms with E-state index >= 15 is 0 Å². The average molecular weight is 227 g/mol. The van der Waals surface area contributed by atoms with Crippen molar-refractivity contribution in [2.45, 2.75) is 38.5 Å². The predicted molar refractivity (Wildman–Crippen MR) is 55.4 cm³/mol. The second kappa shape index (κ2) is 3.20. The summed E-state index contributed by atoms with van der Waals surface area (Å²) >= 11 is 0. The second-order valence-corrected chi connectivity index (χ2v) is 5.03. The van der Waals surface area contributed by atoms with Crippen molar-refractivity contribution in [3.63, 3.8) is 0 Å². The van der Waals surface area contributed by atoms with Gasteiger partial charge < -0.3 is 14.7 Å². The summed E-state index contributed by atoms with van der Waals surface area (Å²) in [6.45, 7) is 5.37. The number of carbonyl (C=O) groups is 2. The average Bonchev–Trinajstić information content (AvgIpc) is 2.36. The molecule has 2 fully saturated rings. The van der Waals surface area contributed by atoms with Crippen LogP contribution in [0.25, 0.3) is 0 Å². The smallest absolute Gasteiger partial charge is 0.339 e. The Bertz CT molecular complexity index is 354. The first-order valence-electron chi connectivity index (χ1n) is 5.52. The van der Waals surface area contributed by atoms with Gasteiger partial charge >= 0.3 is 5.97 Å². The van der Waals surface area contributed by atoms with Gasteiger partial charge in [0.25, 0.3) is 0 Å². The molecule has 1 N–H and O–H groups in total. The molecule has 0 aliphatic carbocycles. The number of aliphatic hydroxyl groups is 1. The molecular formula is C11H17NO4. The molecule has 4 atom stereocenters. The number of likely N-dealkylation sites (N-methyl/N-ethyl adjacent to an activating group) is 1. The van der Waals surface area contributed by atoms with Crippen LogP contribution in [-0.4, -0.2) is 46.7 Å². The topological polar surface area (TPSA) is 66.8 Å². The monoisotopic (exact) mass is 227 g/mol. The van der Waals surface area contributed by atoms with Crippen LogP contribution in [0.15, 0.2) is 0 Å². The minimum Gasteiger partial charge on any atom is -0.456 e. The number of rotatable bonds is 2. The Hall–Kier alpha value is -1.10. The van der Waals surface area contributed by atoms with Gasteiger partial charge in [0.1, 0.15) is 6.10 Å². The maximum Gasteiger partial charge on any atom is 0.339 e. The van der Waals surface area contributed by atoms with E-state index in [0.717, 1.165) is 0 Å². The molecule has 16 heavy (non-hydrogen) atoms. The highest BCUT2D eigenvalue weighted by Gasteiger charge is 2.73. The van der Waals surface area contributed by atoms with Crippen LogP contribution in [0.4, 0.5) is 0 Å². The zero-order valence-corrected chi connectivity index (χ0v) is 9.93. The van der Waals surface area contributed by atoms with Crippen LogP contribution in [0.1, 0.15) is 20.8 Å². The van der Waals surface area contributed by atoms with Crippen molar-refractivity contribution in [2.75, 3.05) is 7.05 Å². The van der Waals surface area contributed by atoms with Crippen LogP contribution in [0.3, 0.4) is 0 Å². The Morgan fingerprint density at radius 2 is 2.00 bits per heavy atom. The normalized spacial score (nSPS) is 39.5. The molecule has 1 amide bonds. The fourth-order valence-electron chi connectivity index (χ4n) is 2.78. The summed E-state index contributed by atoms with van der Waals surface area (Å²) in [5.41, 5.74) is -1.15. The Morgan fingerprint density at radius 3 is 2.38 bits per heavy atom. The van der Waals surface area contributed by atoms with Crippen molar-refractivity contribution in [3.05, 3.63) is 0 Å². The molecule has 5 heteroatoms. The molecule has 2 aliphatic rings. The molecule has 2 heterocycles. The highest BCUT2D eigenvalue weighted by molar-refractivity contribution is 5.99. The molecule has 0 radical (unpaired) electrons. The number of fused-ring (bicyclic) bond motifs is 1. The Balaban J connectivity index is 2.43. The SMILES string of the molecule is CC(C)C(O)C12C(=O)OC1C(C)C(=O)N2C. The lowest BCUT2D eigenvalue weighted by Crippen LogP contribution is -2.73. The quantitative estimate of drug-likeness (QED) is 0.662. The van der Waals surface area contributed by atoms with Crippen LogP contribution in [-0.2, 0) is 14.3 Å². The second-order valence-electron chi connectivity index (χ2n) is 5.03. The number of esters is 1. The van der Waals surface area contributed by atoms with Crippen molar-refractivity contribution in [1.29, 1.82) is 0 Å². The molecule has 0 aromatic heterocycles. The van der Waals surface area contributed by atoms with Gasteiger partial charge in [-0.25, -0.2) is 4.79 Å². The van der Waals surface area contributed by atoms with Gasteiger partial charge in [0.05, 0.1) is 12.0 Å². The van der Waals surface area contributed by atoms with Crippen LogP contribution >= 0.6 is 0 Å². The van der Waals surface area contributed by atoms with E-state index in [0.29, 0.717) is 0 Å². The van der Waals surface area contributed by atoms with Gasteiger partial charge in [-0.2, -0.15) is 0 Å². The van der Waals surface area contributed by atoms with E-state index in [2.05, 4.69) is 0 Å². The van der Waals surface area contributed by atoms with Gasteiger partial charge in [0.15, 0.2) is 0 Å². The third-order valence-electron chi connectivity index (χ3n) is 3.81. The number of nitrogens with zero attached hydrogens (tertiary/aromatic N) is 1. The van der Waals surface area contributed by atoms with Crippen molar-refractivity contribution >= 4 is 11.9 Å². The number of ether oxygens (including phenoxy) is 1. The van der Waals surface area contributed by atoms with Gasteiger partial charge in [-0.15, -0.1) is 0 Å². The Morgan fingerprint density at radius 1 is 1.44 bits per heavy atom. The first kappa shape index (κ1) is 11.4. The molecule has 4 unspecified atom stereocenters. The summed E-state index contributed by atoms with van der Waals surface area (Å²) in [7, 11) is 1.56. The first-order chi connectivity index (χ1) is 7.35. The number of aliphatic hydroxyl groups excluding tert-OH is 1. The third kappa shape index (κ3) is 0.993. The van der Waals surface area contributed by atoms with E-state index in [-0.39, 0.29) is 17.7 Å². The predicted octanol–water partition coefficient (Wildman–Crippen LogP) is -0.224. The number of amides is 1. The maximum atomic E-state index is 11.8. The van der Waals surface area contributed by atoms with Crippen LogP contribution in [0.5, 0.6) is 0 Å². The molecule has 2 rings (SSSR count). The molecule has 0 bridgehead atoms.